The van der Waals surface area contributed by atoms with Gasteiger partial charge in [0.1, 0.15) is 13.2 Å². The maximum absolute atomic E-state index is 12.0. The SMILES string of the molecule is CCC[N+](CCC)(CCC)CCOC(=O)Nc1ccc(N=C=O)cc1. The van der Waals surface area contributed by atoms with Gasteiger partial charge in [0.25, 0.3) is 0 Å². The number of hydrogen-bond donors (Lipinski definition) is 1. The van der Waals surface area contributed by atoms with E-state index in [-0.39, 0.29) is 0 Å². The molecule has 0 fully saturated rings. The molecule has 0 aliphatic rings. The summed E-state index contributed by atoms with van der Waals surface area (Å²) in [5, 5.41) is 2.69. The van der Waals surface area contributed by atoms with Crippen LogP contribution in [-0.4, -0.2) is 49.4 Å². The van der Waals surface area contributed by atoms with Gasteiger partial charge in [-0.3, -0.25) is 5.32 Å². The van der Waals surface area contributed by atoms with Crippen LogP contribution >= 0.6 is 0 Å². The van der Waals surface area contributed by atoms with Crippen LogP contribution in [0, 0.1) is 0 Å². The number of aliphatic imine (C=N–C) groups is 1. The van der Waals surface area contributed by atoms with Crippen LogP contribution in [0.3, 0.4) is 0 Å². The first-order valence-corrected chi connectivity index (χ1v) is 9.06. The molecular weight excluding hydrogens is 318 g/mol. The van der Waals surface area contributed by atoms with E-state index in [1.165, 1.54) is 6.08 Å². The van der Waals surface area contributed by atoms with Crippen molar-refractivity contribution in [2.75, 3.05) is 38.1 Å². The zero-order valence-corrected chi connectivity index (χ0v) is 15.6. The second kappa shape index (κ2) is 11.4. The number of anilines is 1. The third-order valence-corrected chi connectivity index (χ3v) is 4.18. The van der Waals surface area contributed by atoms with Gasteiger partial charge in [-0.05, 0) is 43.5 Å². The largest absolute Gasteiger partial charge is 0.443 e. The van der Waals surface area contributed by atoms with Gasteiger partial charge in [-0.2, -0.15) is 4.99 Å². The molecule has 0 aliphatic heterocycles. The molecule has 0 unspecified atom stereocenters. The van der Waals surface area contributed by atoms with Crippen molar-refractivity contribution in [1.82, 2.24) is 0 Å². The van der Waals surface area contributed by atoms with Crippen molar-refractivity contribution in [2.45, 2.75) is 40.0 Å². The van der Waals surface area contributed by atoms with Crippen molar-refractivity contribution in [3.05, 3.63) is 24.3 Å². The van der Waals surface area contributed by atoms with E-state index < -0.39 is 6.09 Å². The van der Waals surface area contributed by atoms with Gasteiger partial charge in [-0.1, -0.05) is 20.8 Å². The first-order valence-electron chi connectivity index (χ1n) is 9.06. The lowest BCUT2D eigenvalue weighted by Crippen LogP contribution is -2.51. The summed E-state index contributed by atoms with van der Waals surface area (Å²) in [5.74, 6) is 0. The molecule has 1 aromatic carbocycles. The van der Waals surface area contributed by atoms with Crippen LogP contribution in [0.4, 0.5) is 16.2 Å². The Morgan fingerprint density at radius 3 is 2.08 bits per heavy atom. The van der Waals surface area contributed by atoms with Crippen LogP contribution in [-0.2, 0) is 9.53 Å². The molecule has 0 radical (unpaired) electrons. The lowest BCUT2D eigenvalue weighted by atomic mass is 10.2. The van der Waals surface area contributed by atoms with Crippen molar-refractivity contribution in [2.24, 2.45) is 4.99 Å². The molecule has 1 N–H and O–H groups in total. The van der Waals surface area contributed by atoms with Crippen molar-refractivity contribution in [3.63, 3.8) is 0 Å². The number of hydrogen-bond acceptors (Lipinski definition) is 4. The number of benzene rings is 1. The Balaban J connectivity index is 2.51. The highest BCUT2D eigenvalue weighted by molar-refractivity contribution is 5.84. The number of isocyanates is 1. The number of nitrogens with one attached hydrogen (secondary N) is 1. The lowest BCUT2D eigenvalue weighted by molar-refractivity contribution is -0.928. The maximum Gasteiger partial charge on any atom is 0.411 e. The fourth-order valence-electron chi connectivity index (χ4n) is 3.25. The molecule has 138 valence electrons. The summed E-state index contributed by atoms with van der Waals surface area (Å²) in [6.07, 6.45) is 4.40. The first kappa shape index (κ1) is 20.9. The Labute approximate surface area is 150 Å². The predicted molar refractivity (Wildman–Crippen MR) is 99.8 cm³/mol. The molecule has 6 nitrogen and oxygen atoms in total. The van der Waals surface area contributed by atoms with Crippen LogP contribution < -0.4 is 5.32 Å². The Hall–Kier alpha value is -2.17. The van der Waals surface area contributed by atoms with E-state index in [0.717, 1.165) is 49.9 Å². The van der Waals surface area contributed by atoms with Crippen LogP contribution in [0.2, 0.25) is 0 Å². The highest BCUT2D eigenvalue weighted by Gasteiger charge is 2.24. The Kier molecular flexibility index (Phi) is 9.51. The summed E-state index contributed by atoms with van der Waals surface area (Å²) in [5.41, 5.74) is 1.10. The summed E-state index contributed by atoms with van der Waals surface area (Å²) in [6, 6.07) is 6.60. The van der Waals surface area contributed by atoms with Gasteiger partial charge in [0.15, 0.2) is 0 Å². The highest BCUT2D eigenvalue weighted by atomic mass is 16.5. The van der Waals surface area contributed by atoms with E-state index in [9.17, 15) is 9.59 Å². The zero-order chi connectivity index (χ0) is 18.5. The topological polar surface area (TPSA) is 67.8 Å². The molecule has 0 aromatic heterocycles. The molecular formula is C19H30N3O3+. The minimum Gasteiger partial charge on any atom is -0.443 e. The van der Waals surface area contributed by atoms with Crippen molar-refractivity contribution in [1.29, 1.82) is 0 Å². The fourth-order valence-corrected chi connectivity index (χ4v) is 3.25. The molecule has 1 aromatic rings. The van der Waals surface area contributed by atoms with E-state index in [4.69, 9.17) is 4.74 Å². The summed E-state index contributed by atoms with van der Waals surface area (Å²) >= 11 is 0. The minimum atomic E-state index is -0.464. The number of ether oxygens (including phenoxy) is 1. The summed E-state index contributed by atoms with van der Waals surface area (Å²) in [7, 11) is 0. The maximum atomic E-state index is 12.0. The highest BCUT2D eigenvalue weighted by Crippen LogP contribution is 2.16. The van der Waals surface area contributed by atoms with E-state index in [0.29, 0.717) is 18.0 Å². The third kappa shape index (κ3) is 7.50. The number of quaternary nitrogens is 1. The Bertz CT molecular complexity index is 549. The lowest BCUT2D eigenvalue weighted by Gasteiger charge is -2.38. The average Bonchev–Trinajstić information content (AvgIpc) is 2.58. The Morgan fingerprint density at radius 2 is 1.60 bits per heavy atom. The average molecular weight is 348 g/mol. The van der Waals surface area contributed by atoms with Gasteiger partial charge in [-0.15, -0.1) is 0 Å². The second-order valence-corrected chi connectivity index (χ2v) is 6.25. The van der Waals surface area contributed by atoms with Gasteiger partial charge < -0.3 is 9.22 Å². The molecule has 0 aliphatic carbocycles. The number of amides is 1. The van der Waals surface area contributed by atoms with Gasteiger partial charge >= 0.3 is 6.09 Å². The molecule has 6 heteroatoms. The summed E-state index contributed by atoms with van der Waals surface area (Å²) in [6.45, 7) is 11.2. The van der Waals surface area contributed by atoms with Crippen molar-refractivity contribution in [3.8, 4) is 0 Å². The standard InChI is InChI=1S/C19H29N3O3/c1-4-11-22(12-5-2,13-6-3)14-15-25-19(24)21-18-9-7-17(8-10-18)20-16-23/h7-10H,4-6,11-15H2,1-3H3/p+1. The second-order valence-electron chi connectivity index (χ2n) is 6.25. The zero-order valence-electron chi connectivity index (χ0n) is 15.6. The molecule has 1 rings (SSSR count). The van der Waals surface area contributed by atoms with E-state index >= 15 is 0 Å². The molecule has 25 heavy (non-hydrogen) atoms. The molecule has 0 bridgehead atoms. The minimum absolute atomic E-state index is 0.402. The van der Waals surface area contributed by atoms with E-state index in [1.807, 2.05) is 0 Å². The first-order chi connectivity index (χ1) is 12.1. The van der Waals surface area contributed by atoms with Crippen LogP contribution in [0.1, 0.15) is 40.0 Å². The third-order valence-electron chi connectivity index (χ3n) is 4.18. The number of nitrogens with zero attached hydrogens (tertiary/aromatic N) is 2. The number of carbonyl (C=O) groups excluding carboxylic acids is 2. The predicted octanol–water partition coefficient (Wildman–Crippen LogP) is 4.25. The van der Waals surface area contributed by atoms with Crippen LogP contribution in [0.25, 0.3) is 0 Å². The molecule has 0 spiro atoms. The Morgan fingerprint density at radius 1 is 1.04 bits per heavy atom. The molecule has 0 saturated heterocycles. The van der Waals surface area contributed by atoms with Gasteiger partial charge in [-0.25, -0.2) is 9.59 Å². The number of rotatable bonds is 11. The molecule has 1 amide bonds. The normalized spacial score (nSPS) is 10.8. The van der Waals surface area contributed by atoms with Gasteiger partial charge in [0.2, 0.25) is 6.08 Å². The summed E-state index contributed by atoms with van der Waals surface area (Å²) < 4.78 is 6.38. The molecule has 0 atom stereocenters. The quantitative estimate of drug-likeness (QED) is 0.369. The number of carbonyl (C=O) groups is 1. The van der Waals surface area contributed by atoms with Crippen LogP contribution in [0.15, 0.2) is 29.3 Å². The van der Waals surface area contributed by atoms with Gasteiger partial charge in [0.05, 0.1) is 25.3 Å². The summed E-state index contributed by atoms with van der Waals surface area (Å²) in [4.78, 5) is 25.7. The van der Waals surface area contributed by atoms with E-state index in [2.05, 4.69) is 31.1 Å². The van der Waals surface area contributed by atoms with Gasteiger partial charge in [0, 0.05) is 5.69 Å². The van der Waals surface area contributed by atoms with Crippen molar-refractivity contribution >= 4 is 23.5 Å². The smallest absolute Gasteiger partial charge is 0.411 e. The van der Waals surface area contributed by atoms with Crippen LogP contribution in [0.5, 0.6) is 0 Å². The van der Waals surface area contributed by atoms with E-state index in [1.54, 1.807) is 24.3 Å². The fraction of sp³-hybridized carbons (Fsp3) is 0.579. The van der Waals surface area contributed by atoms with Crippen molar-refractivity contribution < 1.29 is 18.8 Å². The molecule has 0 saturated carbocycles. The monoisotopic (exact) mass is 348 g/mol. The molecule has 0 heterocycles.